The second-order valence-corrected chi connectivity index (χ2v) is 10.00. The number of carbonyl (C=O) groups excluding carboxylic acids is 2. The molecule has 2 aromatic heterocycles. The van der Waals surface area contributed by atoms with Crippen LogP contribution < -0.4 is 16.0 Å². The number of hydrogen-bond donors (Lipinski definition) is 3. The van der Waals surface area contributed by atoms with Crippen molar-refractivity contribution in [3.63, 3.8) is 0 Å². The van der Waals surface area contributed by atoms with Crippen molar-refractivity contribution >= 4 is 78.8 Å². The normalized spacial score (nSPS) is 11.5. The largest absolute Gasteiger partial charge is 0.451 e. The zero-order valence-electron chi connectivity index (χ0n) is 17.5. The zero-order valence-corrected chi connectivity index (χ0v) is 19.9. The summed E-state index contributed by atoms with van der Waals surface area (Å²) in [4.78, 5) is 25.6. The van der Waals surface area contributed by atoms with E-state index >= 15 is 0 Å². The molecule has 0 bridgehead atoms. The van der Waals surface area contributed by atoms with E-state index in [1.165, 1.54) is 11.3 Å². The summed E-state index contributed by atoms with van der Waals surface area (Å²) >= 11 is 13.1. The Morgan fingerprint density at radius 2 is 1.81 bits per heavy atom. The van der Waals surface area contributed by atoms with Gasteiger partial charge in [0.2, 0.25) is 0 Å². The smallest absolute Gasteiger partial charge is 0.293 e. The molecule has 0 aliphatic rings. The predicted octanol–water partition coefficient (Wildman–Crippen LogP) is 5.96. The topological polar surface area (TPSA) is 83.4 Å². The van der Waals surface area contributed by atoms with Gasteiger partial charge in [0.05, 0.1) is 15.4 Å². The highest BCUT2D eigenvalue weighted by atomic mass is 35.5. The van der Waals surface area contributed by atoms with Crippen LogP contribution in [0.3, 0.4) is 0 Å². The van der Waals surface area contributed by atoms with Gasteiger partial charge in [-0.15, -0.1) is 11.3 Å². The molecule has 0 saturated heterocycles. The van der Waals surface area contributed by atoms with Gasteiger partial charge in [0.1, 0.15) is 10.5 Å². The monoisotopic (exact) mass is 485 g/mol. The molecule has 2 amide bonds. The maximum Gasteiger partial charge on any atom is 0.293 e. The van der Waals surface area contributed by atoms with Gasteiger partial charge in [-0.3, -0.25) is 14.9 Å². The Bertz CT molecular complexity index is 1340. The molecule has 0 unspecified atom stereocenters. The third-order valence-electron chi connectivity index (χ3n) is 4.47. The van der Waals surface area contributed by atoms with Crippen LogP contribution in [0.4, 0.5) is 5.69 Å². The van der Waals surface area contributed by atoms with Gasteiger partial charge >= 0.3 is 0 Å². The molecule has 0 atom stereocenters. The van der Waals surface area contributed by atoms with Gasteiger partial charge in [-0.05, 0) is 51.2 Å². The molecule has 164 valence electrons. The Kier molecular flexibility index (Phi) is 5.94. The molecule has 2 heterocycles. The molecule has 6 nitrogen and oxygen atoms in total. The van der Waals surface area contributed by atoms with E-state index in [2.05, 4.69) is 16.0 Å². The first-order chi connectivity index (χ1) is 15.1. The molecule has 0 fully saturated rings. The fourth-order valence-corrected chi connectivity index (χ4v) is 4.82. The van der Waals surface area contributed by atoms with Gasteiger partial charge in [-0.25, -0.2) is 0 Å². The minimum Gasteiger partial charge on any atom is -0.451 e. The number of para-hydroxylation sites is 1. The van der Waals surface area contributed by atoms with Crippen molar-refractivity contribution in [1.29, 1.82) is 0 Å². The van der Waals surface area contributed by atoms with Crippen LogP contribution in [0.2, 0.25) is 5.02 Å². The molecule has 2 aromatic carbocycles. The van der Waals surface area contributed by atoms with Gasteiger partial charge in [0, 0.05) is 16.3 Å². The lowest BCUT2D eigenvalue weighted by Crippen LogP contribution is -2.40. The number of amides is 2. The summed E-state index contributed by atoms with van der Waals surface area (Å²) < 4.78 is 6.34. The molecule has 0 spiro atoms. The standard InChI is InChI=1S/C23H20ClN3O3S2/c1-23(2,3)27-21(29)19-17(24)13-8-6-9-14(18(13)32-19)25-22(31)26-20(28)16-11-12-7-4-5-10-15(12)30-16/h4-11H,1-3H3,(H,27,29)(H2,25,26,28,31). The van der Waals surface area contributed by atoms with Crippen LogP contribution in [0.1, 0.15) is 41.0 Å². The molecule has 9 heteroatoms. The summed E-state index contributed by atoms with van der Waals surface area (Å²) in [5.74, 6) is -0.537. The summed E-state index contributed by atoms with van der Waals surface area (Å²) in [7, 11) is 0. The number of furan rings is 1. The number of hydrogen-bond acceptors (Lipinski definition) is 5. The van der Waals surface area contributed by atoms with E-state index in [4.69, 9.17) is 28.2 Å². The van der Waals surface area contributed by atoms with E-state index in [9.17, 15) is 9.59 Å². The molecule has 0 saturated carbocycles. The number of fused-ring (bicyclic) bond motifs is 2. The Hall–Kier alpha value is -2.94. The van der Waals surface area contributed by atoms with Crippen molar-refractivity contribution in [3.8, 4) is 0 Å². The van der Waals surface area contributed by atoms with E-state index in [-0.39, 0.29) is 22.3 Å². The lowest BCUT2D eigenvalue weighted by Gasteiger charge is -2.19. The van der Waals surface area contributed by atoms with E-state index in [1.807, 2.05) is 45.0 Å². The molecular formula is C23H20ClN3O3S2. The van der Waals surface area contributed by atoms with E-state index in [0.29, 0.717) is 21.2 Å². The molecule has 4 aromatic rings. The Balaban J connectivity index is 1.54. The zero-order chi connectivity index (χ0) is 23.0. The highest BCUT2D eigenvalue weighted by molar-refractivity contribution is 7.80. The molecule has 0 aliphatic heterocycles. The van der Waals surface area contributed by atoms with Crippen molar-refractivity contribution in [2.45, 2.75) is 26.3 Å². The summed E-state index contributed by atoms with van der Waals surface area (Å²) in [6.07, 6.45) is 0. The first kappa shape index (κ1) is 22.3. The van der Waals surface area contributed by atoms with Crippen LogP contribution in [0.25, 0.3) is 21.1 Å². The molecule has 3 N–H and O–H groups in total. The summed E-state index contributed by atoms with van der Waals surface area (Å²) in [6.45, 7) is 5.71. The predicted molar refractivity (Wildman–Crippen MR) is 134 cm³/mol. The highest BCUT2D eigenvalue weighted by Crippen LogP contribution is 2.39. The summed E-state index contributed by atoms with van der Waals surface area (Å²) in [5.41, 5.74) is 0.870. The van der Waals surface area contributed by atoms with E-state index in [1.54, 1.807) is 24.3 Å². The Morgan fingerprint density at radius 1 is 1.06 bits per heavy atom. The van der Waals surface area contributed by atoms with Crippen LogP contribution in [-0.4, -0.2) is 22.5 Å². The van der Waals surface area contributed by atoms with Crippen LogP contribution >= 0.6 is 35.2 Å². The van der Waals surface area contributed by atoms with Gasteiger partial charge in [-0.1, -0.05) is 41.9 Å². The fourth-order valence-electron chi connectivity index (χ4n) is 3.14. The molecule has 0 radical (unpaired) electrons. The SMILES string of the molecule is CC(C)(C)NC(=O)c1sc2c(NC(=S)NC(=O)c3cc4ccccc4o3)cccc2c1Cl. The van der Waals surface area contributed by atoms with Crippen molar-refractivity contribution in [1.82, 2.24) is 10.6 Å². The van der Waals surface area contributed by atoms with Crippen molar-refractivity contribution in [3.05, 3.63) is 64.2 Å². The van der Waals surface area contributed by atoms with Crippen LogP contribution in [0, 0.1) is 0 Å². The maximum atomic E-state index is 12.7. The number of anilines is 1. The number of benzene rings is 2. The van der Waals surface area contributed by atoms with Crippen molar-refractivity contribution < 1.29 is 14.0 Å². The van der Waals surface area contributed by atoms with Gasteiger partial charge < -0.3 is 15.1 Å². The van der Waals surface area contributed by atoms with Crippen molar-refractivity contribution in [2.75, 3.05) is 5.32 Å². The lowest BCUT2D eigenvalue weighted by atomic mass is 10.1. The number of carbonyl (C=O) groups is 2. The average Bonchev–Trinajstić information content (AvgIpc) is 3.29. The quantitative estimate of drug-likeness (QED) is 0.312. The molecule has 0 aliphatic carbocycles. The molecule has 32 heavy (non-hydrogen) atoms. The summed E-state index contributed by atoms with van der Waals surface area (Å²) in [6, 6.07) is 14.5. The maximum absolute atomic E-state index is 12.7. The minimum absolute atomic E-state index is 0.105. The highest BCUT2D eigenvalue weighted by Gasteiger charge is 2.23. The van der Waals surface area contributed by atoms with Crippen molar-refractivity contribution in [2.24, 2.45) is 0 Å². The van der Waals surface area contributed by atoms with Gasteiger partial charge in [-0.2, -0.15) is 0 Å². The average molecular weight is 486 g/mol. The van der Waals surface area contributed by atoms with Gasteiger partial charge in [0.15, 0.2) is 10.9 Å². The lowest BCUT2D eigenvalue weighted by molar-refractivity contribution is 0.0921. The first-order valence-electron chi connectivity index (χ1n) is 9.77. The second-order valence-electron chi connectivity index (χ2n) is 8.19. The molecular weight excluding hydrogens is 466 g/mol. The molecule has 4 rings (SSSR count). The second kappa shape index (κ2) is 8.54. The number of nitrogens with one attached hydrogen (secondary N) is 3. The Labute approximate surface area is 198 Å². The third-order valence-corrected chi connectivity index (χ3v) is 6.42. The van der Waals surface area contributed by atoms with E-state index < -0.39 is 5.91 Å². The Morgan fingerprint density at radius 3 is 2.53 bits per heavy atom. The number of rotatable bonds is 3. The summed E-state index contributed by atoms with van der Waals surface area (Å²) in [5, 5.41) is 10.6. The van der Waals surface area contributed by atoms with E-state index in [0.717, 1.165) is 15.5 Å². The van der Waals surface area contributed by atoms with Crippen LogP contribution in [-0.2, 0) is 0 Å². The minimum atomic E-state index is -0.458. The number of halogens is 1. The first-order valence-corrected chi connectivity index (χ1v) is 11.4. The van der Waals surface area contributed by atoms with Crippen LogP contribution in [0.15, 0.2) is 52.9 Å². The van der Waals surface area contributed by atoms with Gasteiger partial charge in [0.25, 0.3) is 11.8 Å². The fraction of sp³-hybridized carbons (Fsp3) is 0.174. The number of thiophene rings is 1. The number of thiocarbonyl (C=S) groups is 1. The third kappa shape index (κ3) is 4.62. The van der Waals surface area contributed by atoms with Crippen LogP contribution in [0.5, 0.6) is 0 Å².